The van der Waals surface area contributed by atoms with Gasteiger partial charge in [-0.2, -0.15) is 0 Å². The van der Waals surface area contributed by atoms with Gasteiger partial charge in [0.1, 0.15) is 0 Å². The molecule has 0 aromatic carbocycles. The van der Waals surface area contributed by atoms with Crippen molar-refractivity contribution in [3.05, 3.63) is 18.8 Å². The Morgan fingerprint density at radius 1 is 1.73 bits per heavy atom. The van der Waals surface area contributed by atoms with Crippen molar-refractivity contribution in [2.75, 3.05) is 6.61 Å². The summed E-state index contributed by atoms with van der Waals surface area (Å²) in [5, 5.41) is 2.56. The van der Waals surface area contributed by atoms with Gasteiger partial charge in [-0.05, 0) is 19.5 Å². The summed E-state index contributed by atoms with van der Waals surface area (Å²) in [7, 11) is 3.37. The molecular formula is C7H12NO2Y-. The number of carbonyl (C=O) groups is 1. The number of hydrogen-bond acceptors (Lipinski definition) is 3. The Kier molecular flexibility index (Phi) is 10.2. The summed E-state index contributed by atoms with van der Waals surface area (Å²) in [6.45, 7) is 3.91. The molecule has 0 aromatic rings. The molecule has 0 bridgehead atoms. The molecule has 0 heterocycles. The minimum atomic E-state index is -0.337. The molecule has 0 amide bonds. The van der Waals surface area contributed by atoms with E-state index >= 15 is 0 Å². The molecule has 0 fully saturated rings. The van der Waals surface area contributed by atoms with E-state index in [0.717, 1.165) is 0 Å². The standard InChI is InChI=1S/C7H12NO2.Y/c1-4-10-7(9)5-6(2)8-3;/h5,8H,3-4H2,1-2H3;/q-1;/b6-5-;. The van der Waals surface area contributed by atoms with Crippen molar-refractivity contribution in [3.8, 4) is 0 Å². The van der Waals surface area contributed by atoms with Crippen molar-refractivity contribution in [1.82, 2.24) is 5.32 Å². The Labute approximate surface area is 92.4 Å². The zero-order valence-electron chi connectivity index (χ0n) is 6.89. The van der Waals surface area contributed by atoms with Gasteiger partial charge in [0.25, 0.3) is 0 Å². The second kappa shape index (κ2) is 8.21. The molecule has 0 aromatic heterocycles. The van der Waals surface area contributed by atoms with E-state index < -0.39 is 0 Å². The summed E-state index contributed by atoms with van der Waals surface area (Å²) in [6.07, 6.45) is 1.36. The van der Waals surface area contributed by atoms with Crippen LogP contribution in [0.1, 0.15) is 13.8 Å². The van der Waals surface area contributed by atoms with Crippen molar-refractivity contribution in [1.29, 1.82) is 0 Å². The molecule has 0 saturated carbocycles. The Morgan fingerprint density at radius 2 is 2.27 bits per heavy atom. The Balaban J connectivity index is 0. The van der Waals surface area contributed by atoms with Crippen LogP contribution in [0.15, 0.2) is 11.8 Å². The SMILES string of the molecule is [CH2-]N/C(C)=C\C(=O)OCC.[Y]. The predicted molar refractivity (Wildman–Crippen MR) is 38.9 cm³/mol. The zero-order valence-corrected chi connectivity index (χ0v) is 9.72. The molecule has 4 heteroatoms. The van der Waals surface area contributed by atoms with Gasteiger partial charge >= 0.3 is 5.97 Å². The van der Waals surface area contributed by atoms with E-state index in [-0.39, 0.29) is 38.7 Å². The first-order valence-electron chi connectivity index (χ1n) is 3.08. The number of esters is 1. The van der Waals surface area contributed by atoms with Gasteiger partial charge in [-0.25, -0.2) is 4.79 Å². The maximum atomic E-state index is 10.6. The molecular weight excluding hydrogens is 219 g/mol. The normalized spacial score (nSPS) is 9.91. The zero-order chi connectivity index (χ0) is 7.98. The number of ether oxygens (including phenoxy) is 1. The van der Waals surface area contributed by atoms with Gasteiger partial charge in [0.2, 0.25) is 0 Å². The molecule has 1 radical (unpaired) electrons. The van der Waals surface area contributed by atoms with Gasteiger partial charge in [-0.15, -0.1) is 0 Å². The van der Waals surface area contributed by atoms with Crippen LogP contribution in [0.25, 0.3) is 0 Å². The van der Waals surface area contributed by atoms with Crippen LogP contribution < -0.4 is 5.32 Å². The number of hydrogen-bond donors (Lipinski definition) is 1. The molecule has 0 atom stereocenters. The third kappa shape index (κ3) is 8.02. The van der Waals surface area contributed by atoms with E-state index in [4.69, 9.17) is 0 Å². The fraction of sp³-hybridized carbons (Fsp3) is 0.429. The number of nitrogens with one attached hydrogen (secondary N) is 1. The largest absolute Gasteiger partial charge is 0.541 e. The third-order valence-corrected chi connectivity index (χ3v) is 0.900. The number of rotatable bonds is 3. The van der Waals surface area contributed by atoms with Crippen molar-refractivity contribution >= 4 is 5.97 Å². The summed E-state index contributed by atoms with van der Waals surface area (Å²) in [4.78, 5) is 10.6. The average molecular weight is 231 g/mol. The Hall–Kier alpha value is 0.114. The van der Waals surface area contributed by atoms with Crippen molar-refractivity contribution in [2.24, 2.45) is 0 Å². The van der Waals surface area contributed by atoms with Crippen LogP contribution >= 0.6 is 0 Å². The molecule has 1 N–H and O–H groups in total. The number of allylic oxidation sites excluding steroid dienone is 1. The molecule has 3 nitrogen and oxygen atoms in total. The van der Waals surface area contributed by atoms with Crippen molar-refractivity contribution in [2.45, 2.75) is 13.8 Å². The molecule has 0 aliphatic carbocycles. The van der Waals surface area contributed by atoms with Gasteiger partial charge in [-0.3, -0.25) is 7.05 Å². The number of carbonyl (C=O) groups excluding carboxylic acids is 1. The summed E-state index contributed by atoms with van der Waals surface area (Å²) in [5.41, 5.74) is 0.693. The van der Waals surface area contributed by atoms with E-state index in [2.05, 4.69) is 17.1 Å². The summed E-state index contributed by atoms with van der Waals surface area (Å²) in [5.74, 6) is -0.337. The van der Waals surface area contributed by atoms with Crippen molar-refractivity contribution in [3.63, 3.8) is 0 Å². The van der Waals surface area contributed by atoms with Gasteiger partial charge in [0, 0.05) is 38.8 Å². The van der Waals surface area contributed by atoms with Gasteiger partial charge in [0.05, 0.1) is 6.61 Å². The van der Waals surface area contributed by atoms with E-state index in [1.807, 2.05) is 0 Å². The van der Waals surface area contributed by atoms with Gasteiger partial charge < -0.3 is 10.1 Å². The first-order chi connectivity index (χ1) is 4.70. The summed E-state index contributed by atoms with van der Waals surface area (Å²) < 4.78 is 4.63. The van der Waals surface area contributed by atoms with Crippen LogP contribution in [0.5, 0.6) is 0 Å². The van der Waals surface area contributed by atoms with Crippen LogP contribution in [0.2, 0.25) is 0 Å². The fourth-order valence-corrected chi connectivity index (χ4v) is 0.412. The third-order valence-electron chi connectivity index (χ3n) is 0.900. The second-order valence-corrected chi connectivity index (χ2v) is 1.76. The van der Waals surface area contributed by atoms with Crippen LogP contribution in [0, 0.1) is 7.05 Å². The van der Waals surface area contributed by atoms with Crippen molar-refractivity contribution < 1.29 is 42.2 Å². The Bertz CT molecular complexity index is 145. The molecule has 0 saturated heterocycles. The molecule has 0 unspecified atom stereocenters. The maximum absolute atomic E-state index is 10.6. The quantitative estimate of drug-likeness (QED) is 0.444. The predicted octanol–water partition coefficient (Wildman–Crippen LogP) is 0.832. The molecule has 11 heavy (non-hydrogen) atoms. The first kappa shape index (κ1) is 13.7. The monoisotopic (exact) mass is 231 g/mol. The van der Waals surface area contributed by atoms with E-state index in [0.29, 0.717) is 12.3 Å². The minimum absolute atomic E-state index is 0. The van der Waals surface area contributed by atoms with E-state index in [9.17, 15) is 4.79 Å². The molecule has 61 valence electrons. The molecule has 0 rings (SSSR count). The average Bonchev–Trinajstić information content (AvgIpc) is 1.88. The fourth-order valence-electron chi connectivity index (χ4n) is 0.412. The maximum Gasteiger partial charge on any atom is 0.332 e. The summed E-state index contributed by atoms with van der Waals surface area (Å²) in [6, 6.07) is 0. The topological polar surface area (TPSA) is 38.3 Å². The minimum Gasteiger partial charge on any atom is -0.541 e. The molecule has 0 spiro atoms. The van der Waals surface area contributed by atoms with E-state index in [1.54, 1.807) is 13.8 Å². The summed E-state index contributed by atoms with van der Waals surface area (Å²) >= 11 is 0. The van der Waals surface area contributed by atoms with Crippen LogP contribution in [-0.2, 0) is 42.2 Å². The second-order valence-electron chi connectivity index (χ2n) is 1.76. The van der Waals surface area contributed by atoms with Crippen LogP contribution in [-0.4, -0.2) is 12.6 Å². The molecule has 0 aliphatic heterocycles. The smallest absolute Gasteiger partial charge is 0.332 e. The van der Waals surface area contributed by atoms with Gasteiger partial charge in [-0.1, -0.05) is 0 Å². The first-order valence-corrected chi connectivity index (χ1v) is 3.08. The van der Waals surface area contributed by atoms with E-state index in [1.165, 1.54) is 6.08 Å². The van der Waals surface area contributed by atoms with Gasteiger partial charge in [0.15, 0.2) is 0 Å². The van der Waals surface area contributed by atoms with Crippen LogP contribution in [0.4, 0.5) is 0 Å². The van der Waals surface area contributed by atoms with Crippen LogP contribution in [0.3, 0.4) is 0 Å². The Morgan fingerprint density at radius 3 is 2.64 bits per heavy atom. The molecule has 0 aliphatic rings.